The molecule has 0 unspecified atom stereocenters. The number of hydrogen-bond donors (Lipinski definition) is 0. The average Bonchev–Trinajstić information content (AvgIpc) is 2.64. The molecule has 0 aliphatic heterocycles. The first-order valence-electron chi connectivity index (χ1n) is 5.63. The smallest absolute Gasteiger partial charge is 0.257 e. The van der Waals surface area contributed by atoms with Gasteiger partial charge in [-0.2, -0.15) is 8.42 Å². The lowest BCUT2D eigenvalue weighted by Crippen LogP contribution is -2.09. The van der Waals surface area contributed by atoms with E-state index in [1.807, 2.05) is 48.5 Å². The van der Waals surface area contributed by atoms with E-state index in [1.165, 1.54) is 0 Å². The molecule has 0 aromatic heterocycles. The van der Waals surface area contributed by atoms with Gasteiger partial charge in [0.15, 0.2) is 0 Å². The Bertz CT molecular complexity index is 659. The molecule has 4 heteroatoms. The van der Waals surface area contributed by atoms with Crippen molar-refractivity contribution in [1.29, 1.82) is 0 Å². The van der Waals surface area contributed by atoms with E-state index in [-0.39, 0.29) is 0 Å². The van der Waals surface area contributed by atoms with Gasteiger partial charge in [-0.15, -0.1) is 0 Å². The molecule has 1 aliphatic carbocycles. The second-order valence-corrected chi connectivity index (χ2v) is 5.96. The molecule has 0 amide bonds. The highest BCUT2D eigenvalue weighted by Gasteiger charge is 2.31. The lowest BCUT2D eigenvalue weighted by atomic mass is 10.1. The highest BCUT2D eigenvalue weighted by atomic mass is 32.2. The molecule has 92 valence electrons. The topological polar surface area (TPSA) is 43.4 Å². The van der Waals surface area contributed by atoms with Gasteiger partial charge in [-0.05, 0) is 22.3 Å². The summed E-state index contributed by atoms with van der Waals surface area (Å²) in [4.78, 5) is 0. The molecule has 0 bridgehead atoms. The molecule has 0 radical (unpaired) electrons. The normalized spacial score (nSPS) is 14.3. The summed E-state index contributed by atoms with van der Waals surface area (Å²) < 4.78 is 28.0. The quantitative estimate of drug-likeness (QED) is 0.780. The van der Waals surface area contributed by atoms with Crippen LogP contribution in [0, 0.1) is 0 Å². The van der Waals surface area contributed by atoms with Crippen LogP contribution in [0.1, 0.15) is 17.2 Å². The Hall–Kier alpha value is -1.65. The zero-order valence-corrected chi connectivity index (χ0v) is 10.6. The molecule has 0 atom stereocenters. The van der Waals surface area contributed by atoms with Crippen molar-refractivity contribution in [2.75, 3.05) is 6.26 Å². The van der Waals surface area contributed by atoms with Crippen LogP contribution in [0.25, 0.3) is 11.1 Å². The van der Waals surface area contributed by atoms with Crippen molar-refractivity contribution in [3.8, 4) is 11.1 Å². The van der Waals surface area contributed by atoms with Crippen LogP contribution in [-0.4, -0.2) is 14.7 Å². The minimum absolute atomic E-state index is 0.521. The number of hydrogen-bond acceptors (Lipinski definition) is 3. The van der Waals surface area contributed by atoms with E-state index in [0.717, 1.165) is 28.5 Å². The van der Waals surface area contributed by atoms with Gasteiger partial charge < -0.3 is 0 Å². The highest BCUT2D eigenvalue weighted by Crippen LogP contribution is 2.45. The Balaban J connectivity index is 2.21. The van der Waals surface area contributed by atoms with Gasteiger partial charge in [0.05, 0.1) is 6.26 Å². The van der Waals surface area contributed by atoms with Gasteiger partial charge in [-0.1, -0.05) is 48.5 Å². The maximum Gasteiger partial charge on any atom is 0.265 e. The highest BCUT2D eigenvalue weighted by molar-refractivity contribution is 7.86. The summed E-state index contributed by atoms with van der Waals surface area (Å²) in [6.07, 6.45) is 0.559. The molecule has 3 nitrogen and oxygen atoms in total. The van der Waals surface area contributed by atoms with E-state index in [4.69, 9.17) is 4.18 Å². The second-order valence-electron chi connectivity index (χ2n) is 4.35. The molecule has 0 saturated carbocycles. The fourth-order valence-corrected chi connectivity index (χ4v) is 2.94. The molecule has 0 saturated heterocycles. The summed E-state index contributed by atoms with van der Waals surface area (Å²) in [6, 6.07) is 15.5. The molecule has 3 rings (SSSR count). The van der Waals surface area contributed by atoms with Crippen molar-refractivity contribution in [3.05, 3.63) is 59.7 Å². The summed E-state index contributed by atoms with van der Waals surface area (Å²) in [7, 11) is -3.49. The van der Waals surface area contributed by atoms with Gasteiger partial charge in [-0.3, -0.25) is 4.18 Å². The molecule has 0 N–H and O–H groups in total. The van der Waals surface area contributed by atoms with E-state index >= 15 is 0 Å². The van der Waals surface area contributed by atoms with Crippen molar-refractivity contribution in [2.24, 2.45) is 0 Å². The third-order valence-electron chi connectivity index (χ3n) is 3.05. The second kappa shape index (κ2) is 3.93. The van der Waals surface area contributed by atoms with Gasteiger partial charge >= 0.3 is 0 Å². The van der Waals surface area contributed by atoms with Crippen LogP contribution in [-0.2, 0) is 14.3 Å². The SMILES string of the molecule is CS(=O)(=O)OC1c2ccccc2-c2ccccc21. The van der Waals surface area contributed by atoms with Crippen LogP contribution in [0.15, 0.2) is 48.5 Å². The lowest BCUT2D eigenvalue weighted by Gasteiger charge is -2.12. The Morgan fingerprint density at radius 2 is 1.33 bits per heavy atom. The van der Waals surface area contributed by atoms with E-state index in [2.05, 4.69) is 0 Å². The van der Waals surface area contributed by atoms with Crippen LogP contribution >= 0.6 is 0 Å². The third kappa shape index (κ3) is 1.83. The number of rotatable bonds is 2. The monoisotopic (exact) mass is 260 g/mol. The summed E-state index contributed by atoms with van der Waals surface area (Å²) in [5, 5.41) is 0. The molecule has 0 spiro atoms. The van der Waals surface area contributed by atoms with Crippen molar-refractivity contribution in [3.63, 3.8) is 0 Å². The summed E-state index contributed by atoms with van der Waals surface area (Å²) >= 11 is 0. The zero-order valence-electron chi connectivity index (χ0n) is 9.83. The minimum atomic E-state index is -3.49. The van der Waals surface area contributed by atoms with Gasteiger partial charge in [0, 0.05) is 0 Å². The standard InChI is InChI=1S/C14H12O3S/c1-18(15,16)17-14-12-8-4-2-6-10(12)11-7-3-5-9-13(11)14/h2-9,14H,1H3. The Morgan fingerprint density at radius 3 is 1.78 bits per heavy atom. The predicted molar refractivity (Wildman–Crippen MR) is 69.6 cm³/mol. The summed E-state index contributed by atoms with van der Waals surface area (Å²) in [5.41, 5.74) is 3.90. The molecule has 1 aliphatic rings. The van der Waals surface area contributed by atoms with Crippen molar-refractivity contribution < 1.29 is 12.6 Å². The van der Waals surface area contributed by atoms with E-state index in [9.17, 15) is 8.42 Å². The fraction of sp³-hybridized carbons (Fsp3) is 0.143. The first-order valence-corrected chi connectivity index (χ1v) is 7.44. The zero-order chi connectivity index (χ0) is 12.8. The Labute approximate surface area is 106 Å². The van der Waals surface area contributed by atoms with Gasteiger partial charge in [-0.25, -0.2) is 0 Å². The molecular formula is C14H12O3S. The Morgan fingerprint density at radius 1 is 0.889 bits per heavy atom. The minimum Gasteiger partial charge on any atom is -0.257 e. The fourth-order valence-electron chi connectivity index (χ4n) is 2.39. The first kappa shape index (κ1) is 11.4. The lowest BCUT2D eigenvalue weighted by molar-refractivity contribution is 0.261. The third-order valence-corrected chi connectivity index (χ3v) is 3.59. The largest absolute Gasteiger partial charge is 0.265 e. The van der Waals surface area contributed by atoms with Crippen LogP contribution in [0.4, 0.5) is 0 Å². The molecule has 0 heterocycles. The summed E-state index contributed by atoms with van der Waals surface area (Å²) in [5.74, 6) is 0. The van der Waals surface area contributed by atoms with Crippen LogP contribution in [0.2, 0.25) is 0 Å². The van der Waals surface area contributed by atoms with Crippen molar-refractivity contribution in [2.45, 2.75) is 6.10 Å². The Kier molecular flexibility index (Phi) is 2.50. The molecule has 2 aromatic rings. The van der Waals surface area contributed by atoms with Crippen LogP contribution in [0.3, 0.4) is 0 Å². The molecule has 0 fully saturated rings. The van der Waals surface area contributed by atoms with Gasteiger partial charge in [0.25, 0.3) is 10.1 Å². The maximum absolute atomic E-state index is 11.4. The van der Waals surface area contributed by atoms with Gasteiger partial charge in [0.2, 0.25) is 0 Å². The van der Waals surface area contributed by atoms with Crippen molar-refractivity contribution in [1.82, 2.24) is 0 Å². The molecule has 2 aromatic carbocycles. The van der Waals surface area contributed by atoms with E-state index in [0.29, 0.717) is 0 Å². The van der Waals surface area contributed by atoms with E-state index in [1.54, 1.807) is 0 Å². The van der Waals surface area contributed by atoms with Crippen molar-refractivity contribution >= 4 is 10.1 Å². The van der Waals surface area contributed by atoms with E-state index < -0.39 is 16.2 Å². The van der Waals surface area contributed by atoms with Gasteiger partial charge in [0.1, 0.15) is 6.10 Å². The molecule has 18 heavy (non-hydrogen) atoms. The maximum atomic E-state index is 11.4. The number of fused-ring (bicyclic) bond motifs is 3. The van der Waals surface area contributed by atoms with Crippen LogP contribution in [0.5, 0.6) is 0 Å². The summed E-state index contributed by atoms with van der Waals surface area (Å²) in [6.45, 7) is 0. The van der Waals surface area contributed by atoms with Crippen LogP contribution < -0.4 is 0 Å². The first-order chi connectivity index (χ1) is 8.56. The average molecular weight is 260 g/mol. The predicted octanol–water partition coefficient (Wildman–Crippen LogP) is 2.73. The molecular weight excluding hydrogens is 248 g/mol. The number of benzene rings is 2.